The van der Waals surface area contributed by atoms with Crippen LogP contribution in [0.2, 0.25) is 0 Å². The van der Waals surface area contributed by atoms with Crippen molar-refractivity contribution in [2.45, 2.75) is 202 Å². The minimum atomic E-state index is -1.23. The van der Waals surface area contributed by atoms with E-state index in [0.29, 0.717) is 63.5 Å². The normalized spacial score (nSPS) is 25.8. The highest BCUT2D eigenvalue weighted by molar-refractivity contribution is 5.99. The van der Waals surface area contributed by atoms with Gasteiger partial charge in [-0.1, -0.05) is 132 Å². The number of amides is 9. The van der Waals surface area contributed by atoms with Crippen molar-refractivity contribution >= 4 is 53.2 Å². The van der Waals surface area contributed by atoms with Crippen LogP contribution >= 0.6 is 0 Å². The fraction of sp³-hybridized carbons (Fsp3) is 0.712. The zero-order valence-corrected chi connectivity index (χ0v) is 44.1. The fourth-order valence-electron chi connectivity index (χ4n) is 8.05. The van der Waals surface area contributed by atoms with Crippen molar-refractivity contribution in [3.63, 3.8) is 0 Å². The molecule has 1 aromatic carbocycles. The lowest BCUT2D eigenvalue weighted by Gasteiger charge is -2.32. The summed E-state index contributed by atoms with van der Waals surface area (Å²) < 4.78 is 0. The first-order chi connectivity index (χ1) is 33.1. The molecule has 18 heteroatoms. The van der Waals surface area contributed by atoms with Gasteiger partial charge in [-0.3, -0.25) is 43.2 Å². The van der Waals surface area contributed by atoms with Crippen molar-refractivity contribution < 1.29 is 43.2 Å². The third-order valence-electron chi connectivity index (χ3n) is 13.5. The second-order valence-corrected chi connectivity index (χ2v) is 19.8. The van der Waals surface area contributed by atoms with Crippen LogP contribution in [-0.4, -0.2) is 108 Å². The Labute approximate surface area is 417 Å². The molecule has 0 bridgehead atoms. The molecule has 394 valence electrons. The van der Waals surface area contributed by atoms with Crippen LogP contribution in [-0.2, 0) is 49.6 Å². The molecule has 0 aliphatic carbocycles. The molecule has 0 saturated carbocycles. The van der Waals surface area contributed by atoms with Crippen molar-refractivity contribution in [3.8, 4) is 0 Å². The molecular formula is C52H87N9O9. The first-order valence-electron chi connectivity index (χ1n) is 25.9. The van der Waals surface area contributed by atoms with Crippen LogP contribution in [0.5, 0.6) is 0 Å². The van der Waals surface area contributed by atoms with Gasteiger partial charge in [0.15, 0.2) is 0 Å². The topological polar surface area (TPSA) is 262 Å². The predicted molar refractivity (Wildman–Crippen MR) is 270 cm³/mol. The largest absolute Gasteiger partial charge is 0.356 e. The van der Waals surface area contributed by atoms with Gasteiger partial charge in [-0.25, -0.2) is 0 Å². The molecule has 1 aliphatic rings. The van der Waals surface area contributed by atoms with Gasteiger partial charge in [0.05, 0.1) is 0 Å². The highest BCUT2D eigenvalue weighted by Gasteiger charge is 2.38. The first kappa shape index (κ1) is 60.6. The molecule has 9 N–H and O–H groups in total. The summed E-state index contributed by atoms with van der Waals surface area (Å²) in [6.45, 7) is 22.0. The van der Waals surface area contributed by atoms with E-state index in [9.17, 15) is 43.2 Å². The third kappa shape index (κ3) is 19.7. The van der Waals surface area contributed by atoms with Crippen LogP contribution in [0.3, 0.4) is 0 Å². The number of rotatable bonds is 19. The molecule has 0 radical (unpaired) electrons. The summed E-state index contributed by atoms with van der Waals surface area (Å²) >= 11 is 0. The summed E-state index contributed by atoms with van der Waals surface area (Å²) in [4.78, 5) is 127. The van der Waals surface area contributed by atoms with Crippen molar-refractivity contribution in [2.24, 2.45) is 29.6 Å². The van der Waals surface area contributed by atoms with Gasteiger partial charge in [0.25, 0.3) is 0 Å². The number of hydrogen-bond acceptors (Lipinski definition) is 9. The Morgan fingerprint density at radius 2 is 0.900 bits per heavy atom. The number of nitrogens with one attached hydrogen (secondary N) is 9. The van der Waals surface area contributed by atoms with Gasteiger partial charge in [-0.05, 0) is 74.2 Å². The quantitative estimate of drug-likeness (QED) is 0.0919. The molecule has 6 unspecified atom stereocenters. The highest BCUT2D eigenvalue weighted by Crippen LogP contribution is 2.17. The molecule has 1 heterocycles. The summed E-state index contributed by atoms with van der Waals surface area (Å²) in [7, 11) is 0. The average molecular weight is 982 g/mol. The van der Waals surface area contributed by atoms with E-state index in [4.69, 9.17) is 0 Å². The van der Waals surface area contributed by atoms with Gasteiger partial charge in [0, 0.05) is 19.4 Å². The molecule has 18 nitrogen and oxygen atoms in total. The van der Waals surface area contributed by atoms with Gasteiger partial charge in [-0.2, -0.15) is 0 Å². The summed E-state index contributed by atoms with van der Waals surface area (Å²) in [5, 5.41) is 25.5. The smallest absolute Gasteiger partial charge is 0.243 e. The van der Waals surface area contributed by atoms with E-state index < -0.39 is 119 Å². The van der Waals surface area contributed by atoms with Crippen LogP contribution in [0.1, 0.15) is 153 Å². The maximum absolute atomic E-state index is 14.6. The molecular weight excluding hydrogens is 895 g/mol. The van der Waals surface area contributed by atoms with E-state index >= 15 is 0 Å². The third-order valence-corrected chi connectivity index (χ3v) is 13.5. The van der Waals surface area contributed by atoms with Crippen LogP contribution in [0, 0.1) is 29.6 Å². The van der Waals surface area contributed by atoms with E-state index in [-0.39, 0.29) is 31.1 Å². The number of carbonyl (C=O) groups is 9. The van der Waals surface area contributed by atoms with E-state index in [0.717, 1.165) is 0 Å². The maximum atomic E-state index is 14.6. The minimum absolute atomic E-state index is 0.0293. The van der Waals surface area contributed by atoms with Gasteiger partial charge >= 0.3 is 0 Å². The maximum Gasteiger partial charge on any atom is 0.243 e. The van der Waals surface area contributed by atoms with Crippen LogP contribution in [0.15, 0.2) is 30.3 Å². The standard InChI is InChI=1S/C52H87N9O9/c1-13-23-40(62)53-27-22-21-26-37-46(64)59-42(32(9)15-3)51(69)57-39(29-36-24-19-18-20-25-36)47(65)56-38(28-30(6)7)48(66)60-41(31(8)14-2)49(67)54-35(12)45(63)58-44(34(11)17-5)52(70)61-43(33(10)16-4)50(68)55-37/h18-20,24-25,30-35,37-39,41-44H,13-17,21-23,26-29H2,1-12H3,(H,53,62)(H,54,67)(H,55,68)(H,56,65)(H,57,69)(H,58,63)(H,59,64)(H,60,66)(H,61,70)/t31?,32-,33?,34?,35-,37+,38-,39-,41?,42-,43?,44?/m1/s1. The Hall–Kier alpha value is -5.55. The lowest BCUT2D eigenvalue weighted by atomic mass is 9.94. The van der Waals surface area contributed by atoms with Crippen LogP contribution in [0.25, 0.3) is 0 Å². The lowest BCUT2D eigenvalue weighted by Crippen LogP contribution is -2.63. The van der Waals surface area contributed by atoms with Crippen LogP contribution in [0.4, 0.5) is 0 Å². The fourth-order valence-corrected chi connectivity index (χ4v) is 8.05. The predicted octanol–water partition coefficient (Wildman–Crippen LogP) is 3.46. The van der Waals surface area contributed by atoms with Crippen molar-refractivity contribution in [3.05, 3.63) is 35.9 Å². The molecule has 0 aromatic heterocycles. The Balaban J connectivity index is 2.81. The highest BCUT2D eigenvalue weighted by atomic mass is 16.2. The van der Waals surface area contributed by atoms with Gasteiger partial charge in [0.1, 0.15) is 48.3 Å². The second kappa shape index (κ2) is 30.9. The monoisotopic (exact) mass is 982 g/mol. The summed E-state index contributed by atoms with van der Waals surface area (Å²) in [5.74, 6) is -7.15. The van der Waals surface area contributed by atoms with Crippen molar-refractivity contribution in [1.82, 2.24) is 47.9 Å². The minimum Gasteiger partial charge on any atom is -0.356 e. The first-order valence-corrected chi connectivity index (χ1v) is 25.9. The number of carbonyl (C=O) groups excluding carboxylic acids is 9. The molecule has 1 aromatic rings. The summed E-state index contributed by atoms with van der Waals surface area (Å²) in [6.07, 6.45) is 4.10. The van der Waals surface area contributed by atoms with Gasteiger partial charge < -0.3 is 47.9 Å². The average Bonchev–Trinajstić information content (AvgIpc) is 3.33. The van der Waals surface area contributed by atoms with Gasteiger partial charge in [-0.15, -0.1) is 0 Å². The van der Waals surface area contributed by atoms with Gasteiger partial charge in [0.2, 0.25) is 53.2 Å². The number of hydrogen-bond donors (Lipinski definition) is 9. The van der Waals surface area contributed by atoms with E-state index in [1.165, 1.54) is 6.92 Å². The Bertz CT molecular complexity index is 1880. The number of benzene rings is 1. The van der Waals surface area contributed by atoms with Crippen LogP contribution < -0.4 is 47.9 Å². The molecule has 0 spiro atoms. The molecule has 1 saturated heterocycles. The van der Waals surface area contributed by atoms with E-state index in [2.05, 4.69) is 47.9 Å². The molecule has 12 atom stereocenters. The molecule has 70 heavy (non-hydrogen) atoms. The molecule has 1 fully saturated rings. The lowest BCUT2D eigenvalue weighted by molar-refractivity contribution is -0.138. The zero-order valence-electron chi connectivity index (χ0n) is 44.1. The van der Waals surface area contributed by atoms with E-state index in [1.54, 1.807) is 52.0 Å². The van der Waals surface area contributed by atoms with E-state index in [1.807, 2.05) is 54.5 Å². The summed E-state index contributed by atoms with van der Waals surface area (Å²) in [5.41, 5.74) is 0.712. The second-order valence-electron chi connectivity index (χ2n) is 19.8. The SMILES string of the molecule is CCCC(=O)NCCCC[C@@H]1NC(=O)C(C(C)CC)NC(=O)C(C(C)CC)NC(=O)[C@@H](C)NC(=O)C(C(C)CC)NC(=O)[C@@H](CC(C)C)NC(=O)[C@@H](Cc2ccccc2)NC(=O)[C@@H]([C@H](C)CC)NC1=O. The molecule has 9 amide bonds. The Kier molecular flexibility index (Phi) is 26.8. The Morgan fingerprint density at radius 1 is 0.500 bits per heavy atom. The Morgan fingerprint density at radius 3 is 1.37 bits per heavy atom. The number of unbranched alkanes of at least 4 members (excludes halogenated alkanes) is 1. The van der Waals surface area contributed by atoms with Crippen molar-refractivity contribution in [1.29, 1.82) is 0 Å². The summed E-state index contributed by atoms with van der Waals surface area (Å²) in [6, 6.07) is -0.299. The zero-order chi connectivity index (χ0) is 52.7. The molecule has 2 rings (SSSR count). The van der Waals surface area contributed by atoms with Crippen molar-refractivity contribution in [2.75, 3.05) is 6.54 Å². The molecule has 1 aliphatic heterocycles.